The SMILES string of the molecule is CC1(C)CN(c2ccccc2)CCN1C(=O)c1ccncc1. The van der Waals surface area contributed by atoms with Crippen molar-refractivity contribution < 1.29 is 4.79 Å². The molecule has 4 nitrogen and oxygen atoms in total. The molecule has 1 aliphatic heterocycles. The number of pyridine rings is 1. The number of hydrogen-bond acceptors (Lipinski definition) is 3. The molecule has 1 aliphatic rings. The average molecular weight is 295 g/mol. The van der Waals surface area contributed by atoms with E-state index < -0.39 is 0 Å². The topological polar surface area (TPSA) is 36.4 Å². The number of carbonyl (C=O) groups is 1. The first-order valence-corrected chi connectivity index (χ1v) is 7.60. The lowest BCUT2D eigenvalue weighted by Gasteiger charge is -2.48. The first-order valence-electron chi connectivity index (χ1n) is 7.60. The number of piperazine rings is 1. The number of carbonyl (C=O) groups excluding carboxylic acids is 1. The molecule has 114 valence electrons. The molecule has 2 heterocycles. The second kappa shape index (κ2) is 5.79. The Hall–Kier alpha value is -2.36. The fourth-order valence-corrected chi connectivity index (χ4v) is 3.04. The Bertz CT molecular complexity index is 640. The van der Waals surface area contributed by atoms with Crippen LogP contribution in [0, 0.1) is 0 Å². The smallest absolute Gasteiger partial charge is 0.254 e. The number of amides is 1. The van der Waals surface area contributed by atoms with E-state index in [2.05, 4.69) is 48.0 Å². The van der Waals surface area contributed by atoms with Gasteiger partial charge in [0.25, 0.3) is 5.91 Å². The standard InChI is InChI=1S/C18H21N3O/c1-18(2)14-20(16-6-4-3-5-7-16)12-13-21(18)17(22)15-8-10-19-11-9-15/h3-11H,12-14H2,1-2H3. The van der Waals surface area contributed by atoms with Crippen LogP contribution in [0.2, 0.25) is 0 Å². The van der Waals surface area contributed by atoms with Gasteiger partial charge >= 0.3 is 0 Å². The molecule has 1 amide bonds. The molecule has 22 heavy (non-hydrogen) atoms. The van der Waals surface area contributed by atoms with Crippen molar-refractivity contribution >= 4 is 11.6 Å². The number of anilines is 1. The van der Waals surface area contributed by atoms with Gasteiger partial charge in [-0.2, -0.15) is 0 Å². The molecule has 0 saturated carbocycles. The zero-order valence-electron chi connectivity index (χ0n) is 13.1. The van der Waals surface area contributed by atoms with E-state index in [1.165, 1.54) is 5.69 Å². The predicted molar refractivity (Wildman–Crippen MR) is 88.0 cm³/mol. The number of rotatable bonds is 2. The van der Waals surface area contributed by atoms with Gasteiger partial charge in [-0.3, -0.25) is 9.78 Å². The van der Waals surface area contributed by atoms with Crippen molar-refractivity contribution in [3.63, 3.8) is 0 Å². The highest BCUT2D eigenvalue weighted by Gasteiger charge is 2.37. The Morgan fingerprint density at radius 1 is 1.05 bits per heavy atom. The molecular formula is C18H21N3O. The highest BCUT2D eigenvalue weighted by molar-refractivity contribution is 5.94. The van der Waals surface area contributed by atoms with Gasteiger partial charge in [0.2, 0.25) is 0 Å². The molecule has 0 unspecified atom stereocenters. The van der Waals surface area contributed by atoms with Gasteiger partial charge in [0.15, 0.2) is 0 Å². The number of aromatic nitrogens is 1. The van der Waals surface area contributed by atoms with Crippen LogP contribution in [0.25, 0.3) is 0 Å². The summed E-state index contributed by atoms with van der Waals surface area (Å²) in [5.41, 5.74) is 1.71. The van der Waals surface area contributed by atoms with Gasteiger partial charge in [-0.05, 0) is 38.1 Å². The third kappa shape index (κ3) is 2.82. The van der Waals surface area contributed by atoms with Crippen LogP contribution in [0.15, 0.2) is 54.9 Å². The zero-order chi connectivity index (χ0) is 15.6. The molecule has 0 spiro atoms. The molecule has 2 aromatic rings. The molecule has 0 N–H and O–H groups in total. The van der Waals surface area contributed by atoms with Gasteiger partial charge < -0.3 is 9.80 Å². The Morgan fingerprint density at radius 3 is 2.36 bits per heavy atom. The van der Waals surface area contributed by atoms with E-state index in [0.29, 0.717) is 5.56 Å². The van der Waals surface area contributed by atoms with Crippen LogP contribution in [0.1, 0.15) is 24.2 Å². The van der Waals surface area contributed by atoms with Crippen LogP contribution in [0.5, 0.6) is 0 Å². The van der Waals surface area contributed by atoms with Crippen molar-refractivity contribution in [2.45, 2.75) is 19.4 Å². The Morgan fingerprint density at radius 2 is 1.73 bits per heavy atom. The fourth-order valence-electron chi connectivity index (χ4n) is 3.04. The van der Waals surface area contributed by atoms with Gasteiger partial charge in [0.05, 0.1) is 5.54 Å². The van der Waals surface area contributed by atoms with Crippen molar-refractivity contribution in [3.05, 3.63) is 60.4 Å². The lowest BCUT2D eigenvalue weighted by atomic mass is 9.97. The molecule has 1 saturated heterocycles. The van der Waals surface area contributed by atoms with Gasteiger partial charge in [-0.1, -0.05) is 18.2 Å². The molecular weight excluding hydrogens is 274 g/mol. The minimum Gasteiger partial charge on any atom is -0.367 e. The number of nitrogens with zero attached hydrogens (tertiary/aromatic N) is 3. The van der Waals surface area contributed by atoms with E-state index in [0.717, 1.165) is 19.6 Å². The van der Waals surface area contributed by atoms with Crippen molar-refractivity contribution in [3.8, 4) is 0 Å². The van der Waals surface area contributed by atoms with Gasteiger partial charge in [-0.25, -0.2) is 0 Å². The monoisotopic (exact) mass is 295 g/mol. The number of hydrogen-bond donors (Lipinski definition) is 0. The molecule has 0 bridgehead atoms. The van der Waals surface area contributed by atoms with Crippen molar-refractivity contribution in [2.24, 2.45) is 0 Å². The van der Waals surface area contributed by atoms with E-state index in [-0.39, 0.29) is 11.4 Å². The summed E-state index contributed by atoms with van der Waals surface area (Å²) in [6.07, 6.45) is 3.33. The zero-order valence-corrected chi connectivity index (χ0v) is 13.1. The van der Waals surface area contributed by atoms with Crippen molar-refractivity contribution in [2.75, 3.05) is 24.5 Å². The second-order valence-corrected chi connectivity index (χ2v) is 6.26. The first kappa shape index (κ1) is 14.6. The molecule has 0 atom stereocenters. The lowest BCUT2D eigenvalue weighted by Crippen LogP contribution is -2.61. The summed E-state index contributed by atoms with van der Waals surface area (Å²) in [7, 11) is 0. The summed E-state index contributed by atoms with van der Waals surface area (Å²) < 4.78 is 0. The quantitative estimate of drug-likeness (QED) is 0.855. The third-order valence-corrected chi connectivity index (χ3v) is 4.20. The van der Waals surface area contributed by atoms with E-state index in [9.17, 15) is 4.79 Å². The summed E-state index contributed by atoms with van der Waals surface area (Å²) in [6, 6.07) is 13.9. The largest absolute Gasteiger partial charge is 0.367 e. The van der Waals surface area contributed by atoms with E-state index >= 15 is 0 Å². The molecule has 3 rings (SSSR count). The van der Waals surface area contributed by atoms with Crippen molar-refractivity contribution in [1.29, 1.82) is 0 Å². The average Bonchev–Trinajstić information content (AvgIpc) is 2.55. The van der Waals surface area contributed by atoms with E-state index in [1.54, 1.807) is 24.5 Å². The molecule has 1 fully saturated rings. The molecule has 0 radical (unpaired) electrons. The molecule has 4 heteroatoms. The normalized spacial score (nSPS) is 17.4. The van der Waals surface area contributed by atoms with E-state index in [1.807, 2.05) is 11.0 Å². The summed E-state index contributed by atoms with van der Waals surface area (Å²) in [5.74, 6) is 0.0834. The number of para-hydroxylation sites is 1. The summed E-state index contributed by atoms with van der Waals surface area (Å²) in [6.45, 7) is 6.66. The Balaban J connectivity index is 1.78. The Labute approximate surface area is 131 Å². The van der Waals surface area contributed by atoms with Crippen LogP contribution >= 0.6 is 0 Å². The third-order valence-electron chi connectivity index (χ3n) is 4.20. The minimum atomic E-state index is -0.214. The lowest BCUT2D eigenvalue weighted by molar-refractivity contribution is 0.0514. The molecule has 1 aromatic carbocycles. The van der Waals surface area contributed by atoms with Crippen LogP contribution in [-0.2, 0) is 0 Å². The summed E-state index contributed by atoms with van der Waals surface area (Å²) in [4.78, 5) is 21.0. The van der Waals surface area contributed by atoms with Gasteiger partial charge in [0.1, 0.15) is 0 Å². The molecule has 1 aromatic heterocycles. The maximum Gasteiger partial charge on any atom is 0.254 e. The van der Waals surface area contributed by atoms with Crippen LogP contribution < -0.4 is 4.90 Å². The highest BCUT2D eigenvalue weighted by atomic mass is 16.2. The minimum absolute atomic E-state index is 0.0834. The van der Waals surface area contributed by atoms with Gasteiger partial charge in [0, 0.05) is 43.3 Å². The molecule has 0 aliphatic carbocycles. The Kier molecular flexibility index (Phi) is 3.84. The predicted octanol–water partition coefficient (Wildman–Crippen LogP) is 2.82. The van der Waals surface area contributed by atoms with Gasteiger partial charge in [-0.15, -0.1) is 0 Å². The number of benzene rings is 1. The second-order valence-electron chi connectivity index (χ2n) is 6.26. The van der Waals surface area contributed by atoms with E-state index in [4.69, 9.17) is 0 Å². The van der Waals surface area contributed by atoms with Crippen LogP contribution in [-0.4, -0.2) is 41.0 Å². The first-order chi connectivity index (χ1) is 10.6. The summed E-state index contributed by atoms with van der Waals surface area (Å²) >= 11 is 0. The maximum atomic E-state index is 12.7. The van der Waals surface area contributed by atoms with Crippen LogP contribution in [0.4, 0.5) is 5.69 Å². The summed E-state index contributed by atoms with van der Waals surface area (Å²) in [5, 5.41) is 0. The fraction of sp³-hybridized carbons (Fsp3) is 0.333. The maximum absolute atomic E-state index is 12.7. The van der Waals surface area contributed by atoms with Crippen LogP contribution in [0.3, 0.4) is 0 Å². The highest BCUT2D eigenvalue weighted by Crippen LogP contribution is 2.26. The van der Waals surface area contributed by atoms with Crippen molar-refractivity contribution in [1.82, 2.24) is 9.88 Å².